The lowest BCUT2D eigenvalue weighted by Gasteiger charge is -2.21. The Bertz CT molecular complexity index is 588. The molecule has 0 bridgehead atoms. The fourth-order valence-corrected chi connectivity index (χ4v) is 2.27. The molecule has 0 heterocycles. The smallest absolute Gasteiger partial charge is 0.317 e. The van der Waals surface area contributed by atoms with E-state index in [9.17, 15) is 18.3 Å². The van der Waals surface area contributed by atoms with Crippen LogP contribution in [0.5, 0.6) is 0 Å². The first kappa shape index (κ1) is 18.4. The van der Waals surface area contributed by atoms with Crippen molar-refractivity contribution >= 4 is 16.1 Å². The molecule has 0 aliphatic carbocycles. The van der Waals surface area contributed by atoms with Crippen LogP contribution in [0.4, 0.5) is 4.79 Å². The van der Waals surface area contributed by atoms with Crippen molar-refractivity contribution in [1.82, 2.24) is 10.2 Å². The van der Waals surface area contributed by atoms with Crippen LogP contribution in [0.2, 0.25) is 0 Å². The number of sulfonamides is 1. The molecule has 0 radical (unpaired) electrons. The van der Waals surface area contributed by atoms with Crippen LogP contribution in [0.1, 0.15) is 5.56 Å². The number of hydrogen-bond donors (Lipinski definition) is 3. The van der Waals surface area contributed by atoms with Crippen molar-refractivity contribution in [2.24, 2.45) is 5.14 Å². The number of ether oxygens (including phenoxy) is 1. The minimum absolute atomic E-state index is 0.0161. The number of amides is 2. The molecule has 0 saturated carbocycles. The molecule has 0 spiro atoms. The van der Waals surface area contributed by atoms with Gasteiger partial charge in [0.15, 0.2) is 0 Å². The molecule has 0 aliphatic heterocycles. The van der Waals surface area contributed by atoms with E-state index < -0.39 is 16.1 Å². The Balaban J connectivity index is 2.50. The highest BCUT2D eigenvalue weighted by Gasteiger charge is 2.13. The van der Waals surface area contributed by atoms with Gasteiger partial charge in [-0.1, -0.05) is 12.1 Å². The molecule has 1 atom stereocenters. The molecule has 124 valence electrons. The lowest BCUT2D eigenvalue weighted by Crippen LogP contribution is -2.42. The molecular formula is C13H21N3O5S. The fourth-order valence-electron chi connectivity index (χ4n) is 1.75. The van der Waals surface area contributed by atoms with Crippen molar-refractivity contribution in [3.8, 4) is 0 Å². The van der Waals surface area contributed by atoms with Gasteiger partial charge in [-0.2, -0.15) is 0 Å². The van der Waals surface area contributed by atoms with Gasteiger partial charge in [0.05, 0.1) is 24.2 Å². The monoisotopic (exact) mass is 331 g/mol. The maximum atomic E-state index is 11.8. The van der Waals surface area contributed by atoms with Crippen LogP contribution in [-0.4, -0.2) is 57.9 Å². The van der Waals surface area contributed by atoms with E-state index in [1.54, 1.807) is 19.2 Å². The molecule has 2 amide bonds. The van der Waals surface area contributed by atoms with E-state index in [1.165, 1.54) is 24.1 Å². The molecule has 1 aromatic carbocycles. The topological polar surface area (TPSA) is 122 Å². The van der Waals surface area contributed by atoms with Gasteiger partial charge in [-0.05, 0) is 17.7 Å². The molecule has 0 fully saturated rings. The van der Waals surface area contributed by atoms with Gasteiger partial charge < -0.3 is 20.1 Å². The summed E-state index contributed by atoms with van der Waals surface area (Å²) in [5, 5.41) is 17.2. The number of rotatable bonds is 7. The Kier molecular flexibility index (Phi) is 6.75. The van der Waals surface area contributed by atoms with Crippen LogP contribution in [0.3, 0.4) is 0 Å². The van der Waals surface area contributed by atoms with Gasteiger partial charge in [-0.25, -0.2) is 18.4 Å². The summed E-state index contributed by atoms with van der Waals surface area (Å²) >= 11 is 0. The van der Waals surface area contributed by atoms with Crippen LogP contribution >= 0.6 is 0 Å². The Morgan fingerprint density at radius 2 is 2.00 bits per heavy atom. The van der Waals surface area contributed by atoms with Crippen LogP contribution < -0.4 is 10.5 Å². The summed E-state index contributed by atoms with van der Waals surface area (Å²) in [4.78, 5) is 13.2. The number of carbonyl (C=O) groups excluding carboxylic acids is 1. The zero-order valence-corrected chi connectivity index (χ0v) is 13.3. The number of hydrogen-bond acceptors (Lipinski definition) is 5. The third-order valence-corrected chi connectivity index (χ3v) is 3.82. The van der Waals surface area contributed by atoms with Crippen LogP contribution in [0.15, 0.2) is 29.2 Å². The van der Waals surface area contributed by atoms with Gasteiger partial charge in [0.2, 0.25) is 10.0 Å². The van der Waals surface area contributed by atoms with Gasteiger partial charge in [-0.3, -0.25) is 0 Å². The lowest BCUT2D eigenvalue weighted by atomic mass is 10.2. The van der Waals surface area contributed by atoms with E-state index in [4.69, 9.17) is 9.88 Å². The lowest BCUT2D eigenvalue weighted by molar-refractivity contribution is 0.0489. The van der Waals surface area contributed by atoms with Crippen molar-refractivity contribution in [3.05, 3.63) is 29.8 Å². The van der Waals surface area contributed by atoms with Gasteiger partial charge in [-0.15, -0.1) is 0 Å². The summed E-state index contributed by atoms with van der Waals surface area (Å²) in [6.45, 7) is 0.519. The highest BCUT2D eigenvalue weighted by Crippen LogP contribution is 2.08. The normalized spacial score (nSPS) is 12.7. The largest absolute Gasteiger partial charge is 0.389 e. The number of nitrogens with zero attached hydrogens (tertiary/aromatic N) is 1. The van der Waals surface area contributed by atoms with E-state index in [0.29, 0.717) is 0 Å². The number of methoxy groups -OCH3 is 1. The number of nitrogens with one attached hydrogen (secondary N) is 1. The predicted octanol–water partition coefficient (Wildman–Crippen LogP) is -0.517. The number of benzene rings is 1. The van der Waals surface area contributed by atoms with Gasteiger partial charge in [0, 0.05) is 20.7 Å². The van der Waals surface area contributed by atoms with Gasteiger partial charge >= 0.3 is 6.03 Å². The second-order valence-electron chi connectivity index (χ2n) is 4.84. The molecule has 0 aliphatic rings. The van der Waals surface area contributed by atoms with Crippen LogP contribution in [0, 0.1) is 0 Å². The Morgan fingerprint density at radius 1 is 1.41 bits per heavy atom. The number of urea groups is 1. The van der Waals surface area contributed by atoms with E-state index in [2.05, 4.69) is 5.32 Å². The summed E-state index contributed by atoms with van der Waals surface area (Å²) in [6, 6.07) is 5.54. The second kappa shape index (κ2) is 8.08. The first-order valence-corrected chi connectivity index (χ1v) is 8.06. The van der Waals surface area contributed by atoms with Crippen molar-refractivity contribution in [3.63, 3.8) is 0 Å². The first-order chi connectivity index (χ1) is 10.2. The number of aliphatic hydroxyl groups is 1. The highest BCUT2D eigenvalue weighted by molar-refractivity contribution is 7.89. The third-order valence-electron chi connectivity index (χ3n) is 2.89. The third kappa shape index (κ3) is 5.98. The quantitative estimate of drug-likeness (QED) is 0.621. The zero-order chi connectivity index (χ0) is 16.8. The van der Waals surface area contributed by atoms with Crippen molar-refractivity contribution in [1.29, 1.82) is 0 Å². The van der Waals surface area contributed by atoms with E-state index in [-0.39, 0.29) is 30.6 Å². The number of carbonyl (C=O) groups is 1. The molecule has 0 unspecified atom stereocenters. The predicted molar refractivity (Wildman–Crippen MR) is 80.6 cm³/mol. The summed E-state index contributed by atoms with van der Waals surface area (Å²) < 4.78 is 27.0. The summed E-state index contributed by atoms with van der Waals surface area (Å²) in [5.74, 6) is 0. The number of primary sulfonamides is 1. The second-order valence-corrected chi connectivity index (χ2v) is 6.40. The molecule has 0 aromatic heterocycles. The molecule has 0 saturated heterocycles. The fraction of sp³-hybridized carbons (Fsp3) is 0.462. The van der Waals surface area contributed by atoms with Crippen molar-refractivity contribution < 1.29 is 23.1 Å². The molecule has 4 N–H and O–H groups in total. The molecule has 9 heteroatoms. The zero-order valence-electron chi connectivity index (χ0n) is 12.5. The Morgan fingerprint density at radius 3 is 2.50 bits per heavy atom. The highest BCUT2D eigenvalue weighted by atomic mass is 32.2. The number of likely N-dealkylation sites (N-methyl/N-ethyl adjacent to an activating group) is 1. The minimum Gasteiger partial charge on any atom is -0.389 e. The van der Waals surface area contributed by atoms with Crippen LogP contribution in [-0.2, 0) is 21.3 Å². The standard InChI is InChI=1S/C13H21N3O5S/c1-16(8-11(17)9-21-2)13(18)15-7-10-3-5-12(6-4-10)22(14,19)20/h3-6,11,17H,7-9H2,1-2H3,(H,15,18)(H2,14,19,20)/t11-/m0/s1. The Labute approximate surface area is 129 Å². The number of nitrogens with two attached hydrogens (primary N) is 1. The Hall–Kier alpha value is -1.68. The molecule has 8 nitrogen and oxygen atoms in total. The van der Waals surface area contributed by atoms with E-state index >= 15 is 0 Å². The molecular weight excluding hydrogens is 310 g/mol. The summed E-state index contributed by atoms with van der Waals surface area (Å²) in [6.07, 6.45) is -0.755. The van der Waals surface area contributed by atoms with Crippen LogP contribution in [0.25, 0.3) is 0 Å². The maximum Gasteiger partial charge on any atom is 0.317 e. The molecule has 1 rings (SSSR count). The molecule has 22 heavy (non-hydrogen) atoms. The molecule has 1 aromatic rings. The average Bonchev–Trinajstić information content (AvgIpc) is 2.44. The maximum absolute atomic E-state index is 11.8. The van der Waals surface area contributed by atoms with Crippen molar-refractivity contribution in [2.75, 3.05) is 27.3 Å². The van der Waals surface area contributed by atoms with E-state index in [1.807, 2.05) is 0 Å². The SMILES string of the molecule is COC[C@@H](O)CN(C)C(=O)NCc1ccc(S(N)(=O)=O)cc1. The number of aliphatic hydroxyl groups excluding tert-OH is 1. The first-order valence-electron chi connectivity index (χ1n) is 6.51. The average molecular weight is 331 g/mol. The minimum atomic E-state index is -3.72. The van der Waals surface area contributed by atoms with E-state index in [0.717, 1.165) is 5.56 Å². The van der Waals surface area contributed by atoms with Gasteiger partial charge in [0.25, 0.3) is 0 Å². The van der Waals surface area contributed by atoms with Gasteiger partial charge in [0.1, 0.15) is 0 Å². The summed E-state index contributed by atoms with van der Waals surface area (Å²) in [7, 11) is -0.698. The van der Waals surface area contributed by atoms with Crippen molar-refractivity contribution in [2.45, 2.75) is 17.5 Å². The summed E-state index contributed by atoms with van der Waals surface area (Å²) in [5.41, 5.74) is 0.728.